The first-order chi connectivity index (χ1) is 16.0. The summed E-state index contributed by atoms with van der Waals surface area (Å²) in [6, 6.07) is 4.76. The maximum Gasteiger partial charge on any atom is 0.258 e. The number of hydrogen-bond donors (Lipinski definition) is 3. The number of fused-ring (bicyclic) bond motifs is 2. The smallest absolute Gasteiger partial charge is 0.258 e. The Morgan fingerprint density at radius 1 is 1.18 bits per heavy atom. The molecule has 2 heterocycles. The number of ether oxygens (including phenoxy) is 2. The van der Waals surface area contributed by atoms with Gasteiger partial charge >= 0.3 is 0 Å². The van der Waals surface area contributed by atoms with Crippen LogP contribution in [0.15, 0.2) is 18.2 Å². The van der Waals surface area contributed by atoms with Gasteiger partial charge in [0.25, 0.3) is 5.91 Å². The molecule has 0 spiro atoms. The highest BCUT2D eigenvalue weighted by Gasteiger charge is 2.47. The van der Waals surface area contributed by atoms with E-state index in [4.69, 9.17) is 21.1 Å². The third kappa shape index (κ3) is 5.62. The van der Waals surface area contributed by atoms with Gasteiger partial charge in [-0.15, -0.1) is 0 Å². The molecule has 2 saturated heterocycles. The van der Waals surface area contributed by atoms with Crippen LogP contribution in [0.25, 0.3) is 0 Å². The van der Waals surface area contributed by atoms with Gasteiger partial charge in [0, 0.05) is 31.2 Å². The predicted octanol–water partition coefficient (Wildman–Crippen LogP) is 2.49. The van der Waals surface area contributed by atoms with Gasteiger partial charge < -0.3 is 14.8 Å². The molecule has 3 aliphatic carbocycles. The number of nitrogens with one attached hydrogen (secondary N) is 3. The Morgan fingerprint density at radius 3 is 2.76 bits per heavy atom. The van der Waals surface area contributed by atoms with Crippen LogP contribution in [0.2, 0.25) is 5.02 Å². The number of rotatable bonds is 7. The van der Waals surface area contributed by atoms with Crippen LogP contribution in [0.5, 0.6) is 5.75 Å². The van der Waals surface area contributed by atoms with Gasteiger partial charge in [-0.05, 0) is 62.5 Å². The highest BCUT2D eigenvalue weighted by Crippen LogP contribution is 2.46. The third-order valence-corrected chi connectivity index (χ3v) is 8.04. The first kappa shape index (κ1) is 23.3. The van der Waals surface area contributed by atoms with Gasteiger partial charge in [-0.1, -0.05) is 11.6 Å². The molecule has 0 radical (unpaired) electrons. The van der Waals surface area contributed by atoms with Gasteiger partial charge in [-0.25, -0.2) is 4.39 Å². The molecule has 1 amide bonds. The van der Waals surface area contributed by atoms with Crippen LogP contribution in [-0.2, 0) is 9.53 Å². The van der Waals surface area contributed by atoms with E-state index in [-0.39, 0.29) is 23.6 Å². The van der Waals surface area contributed by atoms with Gasteiger partial charge in [-0.2, -0.15) is 0 Å². The molecule has 2 unspecified atom stereocenters. The summed E-state index contributed by atoms with van der Waals surface area (Å²) in [7, 11) is 0. The van der Waals surface area contributed by atoms with Crippen molar-refractivity contribution in [3.8, 4) is 5.75 Å². The van der Waals surface area contributed by atoms with Crippen molar-refractivity contribution in [3.05, 3.63) is 29.0 Å². The maximum absolute atomic E-state index is 13.6. The number of benzene rings is 1. The largest absolute Gasteiger partial charge is 0.484 e. The van der Waals surface area contributed by atoms with Crippen molar-refractivity contribution in [3.63, 3.8) is 0 Å². The first-order valence-electron chi connectivity index (χ1n) is 12.3. The van der Waals surface area contributed by atoms with E-state index in [1.54, 1.807) is 6.07 Å². The maximum atomic E-state index is 13.6. The summed E-state index contributed by atoms with van der Waals surface area (Å²) >= 11 is 5.70. The van der Waals surface area contributed by atoms with Crippen molar-refractivity contribution in [1.29, 1.82) is 0 Å². The lowest BCUT2D eigenvalue weighted by Gasteiger charge is -2.53. The molecule has 3 N–H and O–H groups in total. The van der Waals surface area contributed by atoms with E-state index in [2.05, 4.69) is 20.9 Å². The van der Waals surface area contributed by atoms with Gasteiger partial charge in [0.15, 0.2) is 6.61 Å². The second-order valence-corrected chi connectivity index (χ2v) is 10.3. The highest BCUT2D eigenvalue weighted by atomic mass is 35.5. The van der Waals surface area contributed by atoms with E-state index < -0.39 is 5.82 Å². The molecule has 9 heteroatoms. The molecule has 1 aromatic carbocycles. The Labute approximate surface area is 199 Å². The summed E-state index contributed by atoms with van der Waals surface area (Å²) < 4.78 is 24.5. The molecule has 1 aromatic rings. The van der Waals surface area contributed by atoms with E-state index >= 15 is 0 Å². The van der Waals surface area contributed by atoms with E-state index in [1.165, 1.54) is 25.0 Å². The molecule has 0 aromatic heterocycles. The summed E-state index contributed by atoms with van der Waals surface area (Å²) in [6.45, 7) is 3.51. The Bertz CT molecular complexity index is 834. The van der Waals surface area contributed by atoms with Crippen LogP contribution in [-0.4, -0.2) is 68.1 Å². The molecule has 5 fully saturated rings. The molecule has 4 atom stereocenters. The lowest BCUT2D eigenvalue weighted by atomic mass is 9.60. The van der Waals surface area contributed by atoms with Crippen molar-refractivity contribution in [1.82, 2.24) is 20.9 Å². The predicted molar refractivity (Wildman–Crippen MR) is 124 cm³/mol. The molecule has 2 bridgehead atoms. The quantitative estimate of drug-likeness (QED) is 0.557. The van der Waals surface area contributed by atoms with Gasteiger partial charge in [0.2, 0.25) is 0 Å². The average Bonchev–Trinajstić information content (AvgIpc) is 2.80. The van der Waals surface area contributed by atoms with Crippen LogP contribution in [0.4, 0.5) is 4.39 Å². The molecule has 182 valence electrons. The second-order valence-electron chi connectivity index (χ2n) is 9.85. The Morgan fingerprint density at radius 2 is 1.97 bits per heavy atom. The van der Waals surface area contributed by atoms with Crippen LogP contribution >= 0.6 is 11.6 Å². The minimum atomic E-state index is -0.552. The lowest BCUT2D eigenvalue weighted by Crippen LogP contribution is -2.65. The fourth-order valence-electron chi connectivity index (χ4n) is 5.85. The summed E-state index contributed by atoms with van der Waals surface area (Å²) in [5.74, 6) is 0.829. The summed E-state index contributed by atoms with van der Waals surface area (Å²) in [5.41, 5.74) is 0. The van der Waals surface area contributed by atoms with E-state index in [9.17, 15) is 9.18 Å². The molecule has 3 saturated carbocycles. The van der Waals surface area contributed by atoms with Crippen LogP contribution < -0.4 is 20.7 Å². The fourth-order valence-corrected chi connectivity index (χ4v) is 5.97. The number of halogens is 2. The fraction of sp³-hybridized carbons (Fsp3) is 0.708. The number of piperidine rings is 1. The summed E-state index contributed by atoms with van der Waals surface area (Å²) in [5, 5.41) is 10.9. The normalized spacial score (nSPS) is 34.4. The van der Waals surface area contributed by atoms with E-state index in [0.717, 1.165) is 52.0 Å². The average molecular weight is 481 g/mol. The standard InChI is InChI=1S/C24H34ClFN4O3/c25-18-5-4-17(12-19(18)26)33-14-24(31)28-21-13-20(15-10-16(21)11-15)27-22-2-1-3-23(29-22)30-6-8-32-9-7-30/h4-5,12,15-16,20-23,27,29H,1-3,6-11,13-14H2,(H,28,31)/t15?,16?,20-,21+,22?,23?/m0/s1. The Kier molecular flexibility index (Phi) is 7.37. The number of amides is 1. The molecule has 2 aliphatic heterocycles. The third-order valence-electron chi connectivity index (χ3n) is 7.73. The molecular weight excluding hydrogens is 447 g/mol. The number of carbonyl (C=O) groups is 1. The van der Waals surface area contributed by atoms with Crippen molar-refractivity contribution in [2.75, 3.05) is 32.9 Å². The lowest BCUT2D eigenvalue weighted by molar-refractivity contribution is -0.125. The Hall–Kier alpha value is -1.45. The van der Waals surface area contributed by atoms with Crippen molar-refractivity contribution >= 4 is 17.5 Å². The second kappa shape index (κ2) is 10.4. The summed E-state index contributed by atoms with van der Waals surface area (Å²) in [4.78, 5) is 15.0. The monoisotopic (exact) mass is 480 g/mol. The number of carbonyl (C=O) groups excluding carboxylic acids is 1. The molecular formula is C24H34ClFN4O3. The summed E-state index contributed by atoms with van der Waals surface area (Å²) in [6.07, 6.45) is 7.53. The van der Waals surface area contributed by atoms with E-state index in [1.807, 2.05) is 0 Å². The molecule has 5 aliphatic rings. The minimum absolute atomic E-state index is 0.0378. The zero-order valence-electron chi connectivity index (χ0n) is 18.9. The van der Waals surface area contributed by atoms with Gasteiger partial charge in [0.1, 0.15) is 11.6 Å². The zero-order chi connectivity index (χ0) is 22.8. The molecule has 33 heavy (non-hydrogen) atoms. The topological polar surface area (TPSA) is 74.9 Å². The first-order valence-corrected chi connectivity index (χ1v) is 12.6. The van der Waals surface area contributed by atoms with Crippen molar-refractivity contribution in [2.45, 2.75) is 62.9 Å². The minimum Gasteiger partial charge on any atom is -0.484 e. The van der Waals surface area contributed by atoms with Crippen LogP contribution in [0, 0.1) is 17.7 Å². The zero-order valence-corrected chi connectivity index (χ0v) is 19.7. The van der Waals surface area contributed by atoms with Gasteiger partial charge in [-0.3, -0.25) is 20.3 Å². The number of nitrogens with zero attached hydrogens (tertiary/aromatic N) is 1. The SMILES string of the molecule is O=C(COc1ccc(Cl)c(F)c1)N[C@@H]1C[C@H](NC2CCCC(N3CCOCC3)N2)C2CC1C2. The van der Waals surface area contributed by atoms with Crippen molar-refractivity contribution in [2.24, 2.45) is 11.8 Å². The Balaban J connectivity index is 1.09. The van der Waals surface area contributed by atoms with Gasteiger partial charge in [0.05, 0.1) is 30.6 Å². The number of morpholine rings is 1. The molecule has 6 rings (SSSR count). The van der Waals surface area contributed by atoms with Crippen molar-refractivity contribution < 1.29 is 18.7 Å². The van der Waals surface area contributed by atoms with Crippen LogP contribution in [0.3, 0.4) is 0 Å². The molecule has 7 nitrogen and oxygen atoms in total. The van der Waals surface area contributed by atoms with Crippen LogP contribution in [0.1, 0.15) is 38.5 Å². The number of hydrogen-bond acceptors (Lipinski definition) is 6. The highest BCUT2D eigenvalue weighted by molar-refractivity contribution is 6.30. The van der Waals surface area contributed by atoms with E-state index in [0.29, 0.717) is 36.0 Å².